The standard InChI is InChI=1S/C9H10N3O2P/c10-11-6-1-2-7-5(3-6)4-8(13)12(15)9(7)14/h1-3,11H,4,10,15H2. The number of nitrogens with one attached hydrogen (secondary N) is 1. The number of nitrogens with zero attached hydrogens (tertiary/aromatic N) is 1. The molecule has 0 bridgehead atoms. The molecular weight excluding hydrogens is 213 g/mol. The monoisotopic (exact) mass is 223 g/mol. The van der Waals surface area contributed by atoms with E-state index in [2.05, 4.69) is 14.8 Å². The number of anilines is 1. The second-order valence-electron chi connectivity index (χ2n) is 3.26. The number of nitrogen functional groups attached to an aromatic ring is 1. The number of hydrazine groups is 1. The Balaban J connectivity index is 2.50. The van der Waals surface area contributed by atoms with Crippen LogP contribution in [0.1, 0.15) is 15.9 Å². The molecule has 1 atom stereocenters. The summed E-state index contributed by atoms with van der Waals surface area (Å²) < 4.78 is 1.05. The van der Waals surface area contributed by atoms with Crippen LogP contribution in [-0.4, -0.2) is 16.5 Å². The summed E-state index contributed by atoms with van der Waals surface area (Å²) in [6.45, 7) is 0. The van der Waals surface area contributed by atoms with Crippen molar-refractivity contribution in [2.75, 3.05) is 5.43 Å². The number of carbonyl (C=O) groups is 2. The van der Waals surface area contributed by atoms with Crippen LogP contribution < -0.4 is 11.3 Å². The molecule has 2 rings (SSSR count). The Morgan fingerprint density at radius 3 is 2.80 bits per heavy atom. The number of benzene rings is 1. The van der Waals surface area contributed by atoms with Crippen LogP contribution >= 0.6 is 9.39 Å². The van der Waals surface area contributed by atoms with Gasteiger partial charge in [0.05, 0.1) is 6.42 Å². The number of imide groups is 1. The zero-order valence-electron chi connectivity index (χ0n) is 7.86. The van der Waals surface area contributed by atoms with Crippen LogP contribution in [0.4, 0.5) is 5.69 Å². The molecule has 0 spiro atoms. The highest BCUT2D eigenvalue weighted by molar-refractivity contribution is 7.16. The lowest BCUT2D eigenvalue weighted by Gasteiger charge is -2.23. The lowest BCUT2D eigenvalue weighted by Crippen LogP contribution is -2.35. The van der Waals surface area contributed by atoms with Gasteiger partial charge in [0.25, 0.3) is 5.91 Å². The van der Waals surface area contributed by atoms with Gasteiger partial charge in [0.1, 0.15) is 0 Å². The number of carbonyl (C=O) groups excluding carboxylic acids is 2. The third-order valence-corrected chi connectivity index (χ3v) is 2.85. The van der Waals surface area contributed by atoms with Crippen LogP contribution in [0.5, 0.6) is 0 Å². The van der Waals surface area contributed by atoms with E-state index < -0.39 is 0 Å². The summed E-state index contributed by atoms with van der Waals surface area (Å²) in [5, 5.41) is 0. The van der Waals surface area contributed by atoms with E-state index in [1.165, 1.54) is 0 Å². The zero-order chi connectivity index (χ0) is 11.0. The third kappa shape index (κ3) is 1.60. The van der Waals surface area contributed by atoms with Gasteiger partial charge in [-0.25, -0.2) is 0 Å². The number of hydrogen-bond donors (Lipinski definition) is 2. The second-order valence-corrected chi connectivity index (χ2v) is 3.78. The molecule has 0 fully saturated rings. The highest BCUT2D eigenvalue weighted by Crippen LogP contribution is 2.24. The second kappa shape index (κ2) is 3.61. The van der Waals surface area contributed by atoms with Gasteiger partial charge in [-0.3, -0.25) is 20.1 Å². The molecule has 0 radical (unpaired) electrons. The molecule has 1 aliphatic rings. The van der Waals surface area contributed by atoms with Crippen molar-refractivity contribution in [2.45, 2.75) is 6.42 Å². The summed E-state index contributed by atoms with van der Waals surface area (Å²) in [5.41, 5.74) is 4.42. The van der Waals surface area contributed by atoms with E-state index in [4.69, 9.17) is 5.84 Å². The summed E-state index contributed by atoms with van der Waals surface area (Å²) in [7, 11) is 2.12. The fourth-order valence-electron chi connectivity index (χ4n) is 1.53. The minimum atomic E-state index is -0.296. The highest BCUT2D eigenvalue weighted by Gasteiger charge is 2.27. The molecule has 1 heterocycles. The van der Waals surface area contributed by atoms with Crippen LogP contribution in [0.25, 0.3) is 0 Å². The quantitative estimate of drug-likeness (QED) is 0.310. The van der Waals surface area contributed by atoms with Crippen LogP contribution in [0.2, 0.25) is 0 Å². The van der Waals surface area contributed by atoms with Gasteiger partial charge in [0, 0.05) is 11.3 Å². The number of nitrogens with two attached hydrogens (primary N) is 1. The van der Waals surface area contributed by atoms with E-state index in [0.717, 1.165) is 4.67 Å². The SMILES string of the molecule is NNc1ccc2c(c1)CC(=O)N(P)C2=O. The summed E-state index contributed by atoms with van der Waals surface area (Å²) in [6, 6.07) is 5.07. The molecule has 0 aliphatic carbocycles. The number of hydrogen-bond acceptors (Lipinski definition) is 4. The summed E-state index contributed by atoms with van der Waals surface area (Å²) in [5.74, 6) is 4.72. The molecule has 0 saturated heterocycles. The fourth-order valence-corrected chi connectivity index (χ4v) is 1.76. The van der Waals surface area contributed by atoms with E-state index in [9.17, 15) is 9.59 Å². The van der Waals surface area contributed by atoms with E-state index in [-0.39, 0.29) is 18.2 Å². The molecule has 1 aromatic rings. The van der Waals surface area contributed by atoms with E-state index in [1.807, 2.05) is 0 Å². The lowest BCUT2D eigenvalue weighted by atomic mass is 9.99. The molecule has 15 heavy (non-hydrogen) atoms. The van der Waals surface area contributed by atoms with Crippen LogP contribution in [0.15, 0.2) is 18.2 Å². The van der Waals surface area contributed by atoms with Crippen molar-refractivity contribution in [2.24, 2.45) is 5.84 Å². The Morgan fingerprint density at radius 1 is 1.40 bits per heavy atom. The smallest absolute Gasteiger partial charge is 0.263 e. The molecule has 2 amide bonds. The summed E-state index contributed by atoms with van der Waals surface area (Å²) in [4.78, 5) is 23.1. The minimum absolute atomic E-state index is 0.222. The van der Waals surface area contributed by atoms with Gasteiger partial charge in [-0.1, -0.05) is 0 Å². The molecule has 1 aromatic carbocycles. The van der Waals surface area contributed by atoms with Gasteiger partial charge >= 0.3 is 0 Å². The topological polar surface area (TPSA) is 75.4 Å². The normalized spacial score (nSPS) is 15.2. The molecule has 0 aromatic heterocycles. The number of fused-ring (bicyclic) bond motifs is 1. The summed E-state index contributed by atoms with van der Waals surface area (Å²) in [6.07, 6.45) is 0.222. The summed E-state index contributed by atoms with van der Waals surface area (Å²) >= 11 is 0. The van der Waals surface area contributed by atoms with Crippen molar-refractivity contribution in [1.29, 1.82) is 0 Å². The Labute approximate surface area is 88.8 Å². The molecule has 1 unspecified atom stereocenters. The first-order valence-corrected chi connectivity index (χ1v) is 4.86. The van der Waals surface area contributed by atoms with Crippen LogP contribution in [-0.2, 0) is 11.2 Å². The van der Waals surface area contributed by atoms with Gasteiger partial charge in [0.15, 0.2) is 0 Å². The van der Waals surface area contributed by atoms with Crippen molar-refractivity contribution in [3.63, 3.8) is 0 Å². The lowest BCUT2D eigenvalue weighted by molar-refractivity contribution is -0.124. The van der Waals surface area contributed by atoms with E-state index in [0.29, 0.717) is 16.8 Å². The average molecular weight is 223 g/mol. The first-order valence-electron chi connectivity index (χ1n) is 4.35. The van der Waals surface area contributed by atoms with Gasteiger partial charge < -0.3 is 5.43 Å². The molecule has 5 nitrogen and oxygen atoms in total. The van der Waals surface area contributed by atoms with E-state index in [1.54, 1.807) is 18.2 Å². The van der Waals surface area contributed by atoms with Crippen LogP contribution in [0.3, 0.4) is 0 Å². The molecule has 78 valence electrons. The predicted molar refractivity (Wildman–Crippen MR) is 58.8 cm³/mol. The van der Waals surface area contributed by atoms with E-state index >= 15 is 0 Å². The zero-order valence-corrected chi connectivity index (χ0v) is 9.01. The average Bonchev–Trinajstić information content (AvgIpc) is 2.25. The Hall–Kier alpha value is -1.45. The minimum Gasteiger partial charge on any atom is -0.324 e. The highest BCUT2D eigenvalue weighted by atomic mass is 31.0. The third-order valence-electron chi connectivity index (χ3n) is 2.33. The maximum Gasteiger partial charge on any atom is 0.263 e. The number of rotatable bonds is 1. The first kappa shape index (κ1) is 10.1. The van der Waals surface area contributed by atoms with Crippen molar-refractivity contribution in [1.82, 2.24) is 4.67 Å². The van der Waals surface area contributed by atoms with Crippen molar-refractivity contribution < 1.29 is 9.59 Å². The number of amides is 2. The molecule has 6 heteroatoms. The Kier molecular flexibility index (Phi) is 2.42. The van der Waals surface area contributed by atoms with Gasteiger partial charge in [-0.2, -0.15) is 0 Å². The van der Waals surface area contributed by atoms with Crippen LogP contribution in [0, 0.1) is 0 Å². The molecular formula is C9H10N3O2P. The molecule has 1 aliphatic heterocycles. The van der Waals surface area contributed by atoms with Gasteiger partial charge in [0.2, 0.25) is 5.91 Å². The molecule has 3 N–H and O–H groups in total. The van der Waals surface area contributed by atoms with Gasteiger partial charge in [-0.05, 0) is 33.2 Å². The van der Waals surface area contributed by atoms with Gasteiger partial charge in [-0.15, -0.1) is 0 Å². The maximum atomic E-state index is 11.7. The fraction of sp³-hybridized carbons (Fsp3) is 0.111. The predicted octanol–water partition coefficient (Wildman–Crippen LogP) is 0.287. The first-order chi connectivity index (χ1) is 7.13. The Bertz CT molecular complexity index is 447. The van der Waals surface area contributed by atoms with Crippen molar-refractivity contribution >= 4 is 26.9 Å². The Morgan fingerprint density at radius 2 is 2.13 bits per heavy atom. The molecule has 0 saturated carbocycles. The maximum absolute atomic E-state index is 11.7. The largest absolute Gasteiger partial charge is 0.324 e. The van der Waals surface area contributed by atoms with Crippen molar-refractivity contribution in [3.8, 4) is 0 Å². The van der Waals surface area contributed by atoms with Crippen molar-refractivity contribution in [3.05, 3.63) is 29.3 Å².